The Kier molecular flexibility index (Phi) is 8.00. The van der Waals surface area contributed by atoms with Crippen molar-refractivity contribution in [3.8, 4) is 0 Å². The number of nitrogens with zero attached hydrogens (tertiary/aromatic N) is 4. The van der Waals surface area contributed by atoms with Crippen LogP contribution >= 0.6 is 11.6 Å². The lowest BCUT2D eigenvalue weighted by Crippen LogP contribution is -2.25. The van der Waals surface area contributed by atoms with Crippen LogP contribution in [0.2, 0.25) is 5.02 Å². The van der Waals surface area contributed by atoms with Crippen molar-refractivity contribution in [2.45, 2.75) is 59.0 Å². The zero-order valence-corrected chi connectivity index (χ0v) is 22.8. The first-order valence-electron chi connectivity index (χ1n) is 13.8. The van der Waals surface area contributed by atoms with Crippen molar-refractivity contribution in [2.75, 3.05) is 44.6 Å². The molecular formula is C30H40ClN5. The van der Waals surface area contributed by atoms with Crippen LogP contribution in [0.5, 0.6) is 0 Å². The molecule has 1 N–H and O–H groups in total. The van der Waals surface area contributed by atoms with Crippen molar-refractivity contribution < 1.29 is 0 Å². The third kappa shape index (κ3) is 5.34. The van der Waals surface area contributed by atoms with Gasteiger partial charge in [-0.05, 0) is 89.6 Å². The second-order valence-electron chi connectivity index (χ2n) is 10.3. The number of aromatic nitrogens is 2. The fraction of sp³-hybridized carbons (Fsp3) is 0.500. The highest BCUT2D eigenvalue weighted by Gasteiger charge is 2.17. The second kappa shape index (κ2) is 11.4. The molecule has 1 aliphatic rings. The number of nitrogens with one attached hydrogen (secondary N) is 1. The molecule has 1 unspecified atom stereocenters. The Morgan fingerprint density at radius 2 is 1.78 bits per heavy atom. The van der Waals surface area contributed by atoms with Gasteiger partial charge in [0.05, 0.1) is 22.1 Å². The molecule has 0 saturated carbocycles. The van der Waals surface area contributed by atoms with Gasteiger partial charge in [0.25, 0.3) is 0 Å². The Bertz CT molecular complexity index is 1320. The molecule has 2 aromatic carbocycles. The zero-order chi connectivity index (χ0) is 25.1. The average molecular weight is 506 g/mol. The van der Waals surface area contributed by atoms with E-state index in [1.54, 1.807) is 0 Å². The van der Waals surface area contributed by atoms with Crippen LogP contribution in [-0.2, 0) is 6.54 Å². The molecule has 1 atom stereocenters. The number of likely N-dealkylation sites (tertiary alicyclic amines) is 1. The number of rotatable bonds is 11. The molecule has 0 radical (unpaired) electrons. The van der Waals surface area contributed by atoms with Gasteiger partial charge < -0.3 is 19.7 Å². The molecule has 4 aromatic rings. The van der Waals surface area contributed by atoms with Gasteiger partial charge in [0.15, 0.2) is 0 Å². The average Bonchev–Trinajstić information content (AvgIpc) is 3.50. The molecule has 6 heteroatoms. The summed E-state index contributed by atoms with van der Waals surface area (Å²) in [7, 11) is 0. The van der Waals surface area contributed by atoms with Gasteiger partial charge in [0, 0.05) is 40.6 Å². The van der Waals surface area contributed by atoms with Gasteiger partial charge in [0.2, 0.25) is 0 Å². The van der Waals surface area contributed by atoms with E-state index in [0.717, 1.165) is 66.3 Å². The summed E-state index contributed by atoms with van der Waals surface area (Å²) in [5.41, 5.74) is 5.58. The first-order valence-corrected chi connectivity index (χ1v) is 14.2. The first kappa shape index (κ1) is 25.3. The fourth-order valence-corrected chi connectivity index (χ4v) is 5.99. The van der Waals surface area contributed by atoms with E-state index in [1.807, 2.05) is 6.07 Å². The second-order valence-corrected chi connectivity index (χ2v) is 10.7. The van der Waals surface area contributed by atoms with Crippen molar-refractivity contribution in [2.24, 2.45) is 0 Å². The predicted octanol–water partition coefficient (Wildman–Crippen LogP) is 7.01. The Labute approximate surface area is 220 Å². The minimum Gasteiger partial charge on any atom is -0.382 e. The molecule has 2 aromatic heterocycles. The summed E-state index contributed by atoms with van der Waals surface area (Å²) in [6.07, 6.45) is 4.95. The lowest BCUT2D eigenvalue weighted by atomic mass is 10.1. The Morgan fingerprint density at radius 3 is 2.56 bits per heavy atom. The summed E-state index contributed by atoms with van der Waals surface area (Å²) in [5.74, 6) is 0. The van der Waals surface area contributed by atoms with Crippen LogP contribution in [0.1, 0.15) is 46.5 Å². The summed E-state index contributed by atoms with van der Waals surface area (Å²) < 4.78 is 2.47. The molecule has 0 aliphatic carbocycles. The molecule has 5 rings (SSSR count). The van der Waals surface area contributed by atoms with Crippen molar-refractivity contribution in [1.29, 1.82) is 0 Å². The first-order chi connectivity index (χ1) is 17.6. The molecule has 1 aliphatic heterocycles. The van der Waals surface area contributed by atoms with Gasteiger partial charge in [-0.15, -0.1) is 0 Å². The summed E-state index contributed by atoms with van der Waals surface area (Å²) in [5, 5.41) is 6.86. The molecule has 36 heavy (non-hydrogen) atoms. The molecular weight excluding hydrogens is 466 g/mol. The Morgan fingerprint density at radius 1 is 1.00 bits per heavy atom. The fourth-order valence-electron chi connectivity index (χ4n) is 5.78. The summed E-state index contributed by atoms with van der Waals surface area (Å²) in [6, 6.07) is 15.4. The van der Waals surface area contributed by atoms with Crippen molar-refractivity contribution in [1.82, 2.24) is 19.4 Å². The number of pyridine rings is 1. The predicted molar refractivity (Wildman–Crippen MR) is 156 cm³/mol. The van der Waals surface area contributed by atoms with Crippen molar-refractivity contribution in [3.05, 3.63) is 47.5 Å². The molecule has 0 spiro atoms. The summed E-state index contributed by atoms with van der Waals surface area (Å²) >= 11 is 6.59. The maximum Gasteiger partial charge on any atom is 0.0967 e. The van der Waals surface area contributed by atoms with Gasteiger partial charge in [-0.25, -0.2) is 4.98 Å². The van der Waals surface area contributed by atoms with Crippen LogP contribution in [0.15, 0.2) is 42.5 Å². The number of anilines is 1. The zero-order valence-electron chi connectivity index (χ0n) is 22.1. The number of hydrogen-bond donors (Lipinski definition) is 1. The van der Waals surface area contributed by atoms with E-state index in [1.165, 1.54) is 48.8 Å². The number of benzene rings is 2. The topological polar surface area (TPSA) is 36.3 Å². The van der Waals surface area contributed by atoms with Gasteiger partial charge >= 0.3 is 0 Å². The van der Waals surface area contributed by atoms with Crippen molar-refractivity contribution in [3.63, 3.8) is 0 Å². The number of fused-ring (bicyclic) bond motifs is 4. The third-order valence-electron chi connectivity index (χ3n) is 7.87. The van der Waals surface area contributed by atoms with E-state index in [9.17, 15) is 0 Å². The molecule has 1 saturated heterocycles. The van der Waals surface area contributed by atoms with Crippen LogP contribution in [0.25, 0.3) is 32.8 Å². The van der Waals surface area contributed by atoms with Crippen LogP contribution in [0, 0.1) is 0 Å². The van der Waals surface area contributed by atoms with E-state index < -0.39 is 0 Å². The number of halogens is 1. The highest BCUT2D eigenvalue weighted by Crippen LogP contribution is 2.35. The molecule has 0 amide bonds. The van der Waals surface area contributed by atoms with E-state index in [0.29, 0.717) is 6.04 Å². The van der Waals surface area contributed by atoms with Gasteiger partial charge in [0.1, 0.15) is 0 Å². The highest BCUT2D eigenvalue weighted by atomic mass is 35.5. The SMILES string of the molecule is CCN(CC)CCCC(C)Nc1cc(Cl)cc2nc3c4ccccc4n(CCN4CCCC4)c3cc12. The molecule has 192 valence electrons. The maximum atomic E-state index is 6.59. The number of para-hydroxylation sites is 1. The highest BCUT2D eigenvalue weighted by molar-refractivity contribution is 6.32. The molecule has 5 nitrogen and oxygen atoms in total. The minimum atomic E-state index is 0.360. The van der Waals surface area contributed by atoms with Gasteiger partial charge in [-0.2, -0.15) is 0 Å². The van der Waals surface area contributed by atoms with Crippen LogP contribution in [0.4, 0.5) is 5.69 Å². The Hall–Kier alpha value is -2.34. The molecule has 1 fully saturated rings. The largest absolute Gasteiger partial charge is 0.382 e. The maximum absolute atomic E-state index is 6.59. The molecule has 3 heterocycles. The normalized spacial score (nSPS) is 15.6. The van der Waals surface area contributed by atoms with Gasteiger partial charge in [-0.3, -0.25) is 0 Å². The van der Waals surface area contributed by atoms with Crippen LogP contribution < -0.4 is 5.32 Å². The number of hydrogen-bond acceptors (Lipinski definition) is 4. The van der Waals surface area contributed by atoms with E-state index >= 15 is 0 Å². The summed E-state index contributed by atoms with van der Waals surface area (Å²) in [4.78, 5) is 10.3. The standard InChI is InChI=1S/C30H40ClN5/c1-4-34(5-2)16-10-11-22(3)32-26-19-23(31)20-27-25(26)21-29-30(33-27)24-12-6-7-13-28(24)36(29)18-17-35-14-8-9-15-35/h6-7,12-13,19-22,32H,4-5,8-11,14-18H2,1-3H3. The van der Waals surface area contributed by atoms with E-state index in [2.05, 4.69) is 76.9 Å². The van der Waals surface area contributed by atoms with E-state index in [-0.39, 0.29) is 0 Å². The lowest BCUT2D eigenvalue weighted by Gasteiger charge is -2.21. The van der Waals surface area contributed by atoms with Crippen LogP contribution in [-0.4, -0.2) is 64.7 Å². The third-order valence-corrected chi connectivity index (χ3v) is 8.08. The van der Waals surface area contributed by atoms with Crippen molar-refractivity contribution >= 4 is 50.1 Å². The quantitative estimate of drug-likeness (QED) is 0.238. The Balaban J connectivity index is 1.48. The smallest absolute Gasteiger partial charge is 0.0967 e. The summed E-state index contributed by atoms with van der Waals surface area (Å²) in [6.45, 7) is 14.6. The minimum absolute atomic E-state index is 0.360. The molecule has 0 bridgehead atoms. The lowest BCUT2D eigenvalue weighted by molar-refractivity contribution is 0.295. The van der Waals surface area contributed by atoms with Gasteiger partial charge in [-0.1, -0.05) is 43.6 Å². The van der Waals surface area contributed by atoms with E-state index in [4.69, 9.17) is 16.6 Å². The van der Waals surface area contributed by atoms with Crippen LogP contribution in [0.3, 0.4) is 0 Å². The monoisotopic (exact) mass is 505 g/mol.